The van der Waals surface area contributed by atoms with E-state index in [1.165, 1.54) is 0 Å². The fraction of sp³-hybridized carbons (Fsp3) is 0.571. The second kappa shape index (κ2) is 5.20. The average molecular weight is 321 g/mol. The van der Waals surface area contributed by atoms with Crippen LogP contribution in [-0.2, 0) is 29.7 Å². The monoisotopic (exact) mass is 321 g/mol. The molecule has 4 rings (SSSR count). The molecule has 8 heteroatoms. The van der Waals surface area contributed by atoms with Crippen molar-refractivity contribution in [3.05, 3.63) is 35.9 Å². The molecular formula is C14H19N5O2S. The van der Waals surface area contributed by atoms with Crippen LogP contribution in [0.4, 0.5) is 0 Å². The van der Waals surface area contributed by atoms with Gasteiger partial charge in [-0.2, -0.15) is 4.31 Å². The van der Waals surface area contributed by atoms with Gasteiger partial charge in [0.15, 0.2) is 0 Å². The van der Waals surface area contributed by atoms with Gasteiger partial charge in [0.1, 0.15) is 5.69 Å². The molecule has 2 aliphatic rings. The maximum absolute atomic E-state index is 12.5. The number of rotatable bonds is 4. The third kappa shape index (κ3) is 2.46. The number of sulfonamides is 1. The zero-order valence-corrected chi connectivity index (χ0v) is 13.1. The van der Waals surface area contributed by atoms with Gasteiger partial charge in [0.05, 0.1) is 24.0 Å². The molecule has 0 amide bonds. The summed E-state index contributed by atoms with van der Waals surface area (Å²) in [6.45, 7) is 2.32. The molecule has 7 nitrogen and oxygen atoms in total. The molecule has 2 aromatic heterocycles. The summed E-state index contributed by atoms with van der Waals surface area (Å²) < 4.78 is 30.6. The van der Waals surface area contributed by atoms with E-state index in [2.05, 4.69) is 10.3 Å². The van der Waals surface area contributed by atoms with E-state index in [9.17, 15) is 8.42 Å². The fourth-order valence-corrected chi connectivity index (χ4v) is 4.77. The Bertz CT molecular complexity index is 761. The van der Waals surface area contributed by atoms with Gasteiger partial charge in [-0.25, -0.2) is 13.1 Å². The van der Waals surface area contributed by atoms with E-state index < -0.39 is 10.0 Å². The predicted octanol–water partition coefficient (Wildman–Crippen LogP) is 0.826. The number of nitrogens with zero attached hydrogens (tertiary/aromatic N) is 5. The highest BCUT2D eigenvalue weighted by atomic mass is 32.2. The van der Waals surface area contributed by atoms with Gasteiger partial charge in [-0.15, -0.1) is 5.10 Å². The number of hydrogen-bond acceptors (Lipinski definition) is 4. The lowest BCUT2D eigenvalue weighted by Gasteiger charge is -2.19. The summed E-state index contributed by atoms with van der Waals surface area (Å²) in [6.07, 6.45) is 6.33. The Labute approximate surface area is 129 Å². The van der Waals surface area contributed by atoms with Crippen LogP contribution in [0.2, 0.25) is 0 Å². The standard InChI is InChI=1S/C14H19N5O2S/c20-22(21,12-4-5-12)18-8-3-9-19-14(11-18)13(15-16-19)10-17-6-1-2-7-17/h1-2,6-7,12H,3-5,8-11H2. The van der Waals surface area contributed by atoms with E-state index in [0.717, 1.165) is 37.2 Å². The van der Waals surface area contributed by atoms with Crippen molar-refractivity contribution in [2.24, 2.45) is 0 Å². The second-order valence-electron chi connectivity index (χ2n) is 5.99. The topological polar surface area (TPSA) is 73.0 Å². The minimum atomic E-state index is -3.15. The molecule has 0 spiro atoms. The van der Waals surface area contributed by atoms with Crippen molar-refractivity contribution in [1.29, 1.82) is 0 Å². The lowest BCUT2D eigenvalue weighted by atomic mass is 10.3. The Hall–Kier alpha value is -1.67. The van der Waals surface area contributed by atoms with Crippen LogP contribution in [0, 0.1) is 0 Å². The van der Waals surface area contributed by atoms with E-state index in [1.54, 1.807) is 4.31 Å². The van der Waals surface area contributed by atoms with Crippen LogP contribution in [0.5, 0.6) is 0 Å². The van der Waals surface area contributed by atoms with Crippen LogP contribution >= 0.6 is 0 Å². The molecule has 3 heterocycles. The number of aromatic nitrogens is 4. The summed E-state index contributed by atoms with van der Waals surface area (Å²) in [5.41, 5.74) is 1.78. The second-order valence-corrected chi connectivity index (χ2v) is 8.21. The quantitative estimate of drug-likeness (QED) is 0.836. The van der Waals surface area contributed by atoms with Crippen LogP contribution in [0.3, 0.4) is 0 Å². The number of fused-ring (bicyclic) bond motifs is 1. The molecule has 1 aliphatic carbocycles. The first kappa shape index (κ1) is 14.0. The summed E-state index contributed by atoms with van der Waals surface area (Å²) in [5.74, 6) is 0. The SMILES string of the molecule is O=S(=O)(C1CC1)N1CCCn2nnc(Cn3cccc3)c2C1. The fourth-order valence-electron chi connectivity index (χ4n) is 2.93. The minimum Gasteiger partial charge on any atom is -0.348 e. The van der Waals surface area contributed by atoms with Gasteiger partial charge in [-0.1, -0.05) is 5.21 Å². The smallest absolute Gasteiger partial charge is 0.217 e. The van der Waals surface area contributed by atoms with Crippen LogP contribution < -0.4 is 0 Å². The molecule has 2 aromatic rings. The van der Waals surface area contributed by atoms with Crippen molar-refractivity contribution in [2.45, 2.75) is 44.1 Å². The van der Waals surface area contributed by atoms with Crippen LogP contribution in [-0.4, -0.2) is 44.1 Å². The van der Waals surface area contributed by atoms with Crippen molar-refractivity contribution in [2.75, 3.05) is 6.54 Å². The summed E-state index contributed by atoms with van der Waals surface area (Å²) in [5, 5.41) is 8.30. The van der Waals surface area contributed by atoms with Crippen molar-refractivity contribution in [3.8, 4) is 0 Å². The molecule has 118 valence electrons. The molecular weight excluding hydrogens is 302 g/mol. The van der Waals surface area contributed by atoms with Crippen LogP contribution in [0.15, 0.2) is 24.5 Å². The summed E-state index contributed by atoms with van der Waals surface area (Å²) in [6, 6.07) is 3.93. The average Bonchev–Trinajstić information content (AvgIpc) is 3.20. The Balaban J connectivity index is 1.63. The normalized spacial score (nSPS) is 19.8. The van der Waals surface area contributed by atoms with Gasteiger partial charge < -0.3 is 4.57 Å². The number of hydrogen-bond donors (Lipinski definition) is 0. The Morgan fingerprint density at radius 1 is 1.18 bits per heavy atom. The van der Waals surface area contributed by atoms with Crippen LogP contribution in [0.1, 0.15) is 30.7 Å². The van der Waals surface area contributed by atoms with Crippen molar-refractivity contribution < 1.29 is 8.42 Å². The van der Waals surface area contributed by atoms with Gasteiger partial charge in [0.2, 0.25) is 10.0 Å². The highest BCUT2D eigenvalue weighted by molar-refractivity contribution is 7.90. The first-order valence-electron chi connectivity index (χ1n) is 7.65. The lowest BCUT2D eigenvalue weighted by Crippen LogP contribution is -2.33. The van der Waals surface area contributed by atoms with Gasteiger partial charge in [-0.05, 0) is 31.4 Å². The van der Waals surface area contributed by atoms with Gasteiger partial charge in [-0.3, -0.25) is 0 Å². The predicted molar refractivity (Wildman–Crippen MR) is 80.5 cm³/mol. The molecule has 1 fully saturated rings. The van der Waals surface area contributed by atoms with Crippen molar-refractivity contribution >= 4 is 10.0 Å². The summed E-state index contributed by atoms with van der Waals surface area (Å²) in [7, 11) is -3.15. The van der Waals surface area contributed by atoms with E-state index in [0.29, 0.717) is 19.6 Å². The molecule has 22 heavy (non-hydrogen) atoms. The van der Waals surface area contributed by atoms with E-state index in [-0.39, 0.29) is 5.25 Å². The first-order chi connectivity index (χ1) is 10.6. The third-order valence-electron chi connectivity index (χ3n) is 4.33. The lowest BCUT2D eigenvalue weighted by molar-refractivity contribution is 0.407. The van der Waals surface area contributed by atoms with E-state index in [1.807, 2.05) is 33.8 Å². The maximum atomic E-state index is 12.5. The van der Waals surface area contributed by atoms with Crippen molar-refractivity contribution in [3.63, 3.8) is 0 Å². The molecule has 0 aromatic carbocycles. The maximum Gasteiger partial charge on any atom is 0.217 e. The zero-order valence-electron chi connectivity index (χ0n) is 12.3. The number of aryl methyl sites for hydroxylation is 1. The summed E-state index contributed by atoms with van der Waals surface area (Å²) >= 11 is 0. The molecule has 0 unspecified atom stereocenters. The Kier molecular flexibility index (Phi) is 3.30. The molecule has 1 saturated carbocycles. The molecule has 0 atom stereocenters. The molecule has 0 radical (unpaired) electrons. The Morgan fingerprint density at radius 3 is 2.68 bits per heavy atom. The molecule has 0 bridgehead atoms. The van der Waals surface area contributed by atoms with Gasteiger partial charge in [0, 0.05) is 25.5 Å². The third-order valence-corrected chi connectivity index (χ3v) is 6.67. The van der Waals surface area contributed by atoms with Crippen LogP contribution in [0.25, 0.3) is 0 Å². The highest BCUT2D eigenvalue weighted by Gasteiger charge is 2.41. The molecule has 1 aliphatic heterocycles. The highest BCUT2D eigenvalue weighted by Crippen LogP contribution is 2.32. The van der Waals surface area contributed by atoms with Gasteiger partial charge in [0.25, 0.3) is 0 Å². The zero-order chi connectivity index (χ0) is 15.2. The van der Waals surface area contributed by atoms with Gasteiger partial charge >= 0.3 is 0 Å². The molecule has 0 saturated heterocycles. The van der Waals surface area contributed by atoms with Crippen molar-refractivity contribution in [1.82, 2.24) is 23.9 Å². The molecule has 0 N–H and O–H groups in total. The first-order valence-corrected chi connectivity index (χ1v) is 9.16. The van der Waals surface area contributed by atoms with E-state index in [4.69, 9.17) is 0 Å². The summed E-state index contributed by atoms with van der Waals surface area (Å²) in [4.78, 5) is 0. The largest absolute Gasteiger partial charge is 0.348 e. The minimum absolute atomic E-state index is 0.164. The Morgan fingerprint density at radius 2 is 1.95 bits per heavy atom. The van der Waals surface area contributed by atoms with E-state index >= 15 is 0 Å².